The Kier molecular flexibility index (Phi) is 4.72. The van der Waals surface area contributed by atoms with Crippen LogP contribution in [0.3, 0.4) is 0 Å². The van der Waals surface area contributed by atoms with E-state index in [4.69, 9.17) is 14.2 Å². The zero-order valence-corrected chi connectivity index (χ0v) is 13.9. The number of carbonyl (C=O) groups excluding carboxylic acids is 1. The largest absolute Gasteiger partial charge is 0.496 e. The Morgan fingerprint density at radius 2 is 1.58 bits per heavy atom. The second kappa shape index (κ2) is 7.10. The molecule has 24 heavy (non-hydrogen) atoms. The molecule has 0 atom stereocenters. The molecule has 0 bridgehead atoms. The maximum atomic E-state index is 12.3. The van der Waals surface area contributed by atoms with Crippen molar-refractivity contribution >= 4 is 17.3 Å². The van der Waals surface area contributed by atoms with E-state index in [1.54, 1.807) is 31.4 Å². The van der Waals surface area contributed by atoms with Gasteiger partial charge in [-0.25, -0.2) is 4.79 Å². The van der Waals surface area contributed by atoms with Crippen molar-refractivity contribution in [2.45, 2.75) is 0 Å². The molecule has 0 aliphatic carbocycles. The molecule has 0 N–H and O–H groups in total. The molecular weight excluding hydrogens is 328 g/mol. The third-order valence-corrected chi connectivity index (χ3v) is 4.09. The van der Waals surface area contributed by atoms with Gasteiger partial charge in [0.15, 0.2) is 5.01 Å². The summed E-state index contributed by atoms with van der Waals surface area (Å²) >= 11 is 1.17. The first-order valence-electron chi connectivity index (χ1n) is 7.05. The highest BCUT2D eigenvalue weighted by atomic mass is 32.1. The Labute approximate surface area is 142 Å². The van der Waals surface area contributed by atoms with Crippen LogP contribution in [-0.4, -0.2) is 30.4 Å². The average Bonchev–Trinajstić information content (AvgIpc) is 3.09. The van der Waals surface area contributed by atoms with Gasteiger partial charge in [-0.05, 0) is 24.3 Å². The molecule has 122 valence electrons. The Morgan fingerprint density at radius 1 is 0.917 bits per heavy atom. The van der Waals surface area contributed by atoms with Crippen molar-refractivity contribution in [3.8, 4) is 27.3 Å². The number of benzene rings is 2. The monoisotopic (exact) mass is 342 g/mol. The maximum absolute atomic E-state index is 12.3. The molecule has 1 aromatic heterocycles. The first-order valence-corrected chi connectivity index (χ1v) is 7.86. The highest BCUT2D eigenvalue weighted by Crippen LogP contribution is 2.34. The molecule has 6 nitrogen and oxygen atoms in total. The lowest BCUT2D eigenvalue weighted by molar-refractivity contribution is 0.0729. The first kappa shape index (κ1) is 15.9. The molecular formula is C17H14N2O4S. The summed E-state index contributed by atoms with van der Waals surface area (Å²) in [6.07, 6.45) is 0. The predicted molar refractivity (Wildman–Crippen MR) is 89.8 cm³/mol. The van der Waals surface area contributed by atoms with Crippen LogP contribution in [-0.2, 0) is 0 Å². The van der Waals surface area contributed by atoms with Crippen LogP contribution in [0.15, 0.2) is 48.5 Å². The fourth-order valence-electron chi connectivity index (χ4n) is 2.13. The van der Waals surface area contributed by atoms with Crippen molar-refractivity contribution in [2.75, 3.05) is 14.2 Å². The zero-order valence-electron chi connectivity index (χ0n) is 13.1. The number of esters is 1. The molecule has 0 unspecified atom stereocenters. The Bertz CT molecular complexity index is 863. The molecule has 0 aliphatic heterocycles. The molecule has 0 saturated carbocycles. The maximum Gasteiger partial charge on any atom is 0.349 e. The van der Waals surface area contributed by atoms with E-state index in [0.717, 1.165) is 5.56 Å². The summed E-state index contributed by atoms with van der Waals surface area (Å²) in [4.78, 5) is 12.3. The summed E-state index contributed by atoms with van der Waals surface area (Å²) < 4.78 is 15.8. The molecule has 0 aliphatic rings. The number of ether oxygens (including phenoxy) is 3. The van der Waals surface area contributed by atoms with Gasteiger partial charge in [-0.3, -0.25) is 0 Å². The summed E-state index contributed by atoms with van der Waals surface area (Å²) in [6, 6.07) is 14.3. The molecule has 1 heterocycles. The second-order valence-corrected chi connectivity index (χ2v) is 5.60. The van der Waals surface area contributed by atoms with E-state index in [0.29, 0.717) is 22.1 Å². The van der Waals surface area contributed by atoms with E-state index in [2.05, 4.69) is 10.2 Å². The third kappa shape index (κ3) is 3.21. The predicted octanol–water partition coefficient (Wildman–Crippen LogP) is 3.44. The molecule has 7 heteroatoms. The van der Waals surface area contributed by atoms with E-state index >= 15 is 0 Å². The quantitative estimate of drug-likeness (QED) is 0.662. The van der Waals surface area contributed by atoms with Gasteiger partial charge in [0.2, 0.25) is 0 Å². The molecule has 0 saturated heterocycles. The number of carbonyl (C=O) groups is 1. The lowest BCUT2D eigenvalue weighted by Gasteiger charge is -2.05. The summed E-state index contributed by atoms with van der Waals surface area (Å²) in [5.41, 5.74) is 1.12. The molecule has 3 aromatic rings. The average molecular weight is 342 g/mol. The van der Waals surface area contributed by atoms with Gasteiger partial charge in [0.1, 0.15) is 17.1 Å². The number of rotatable bonds is 5. The fourth-order valence-corrected chi connectivity index (χ4v) is 2.85. The van der Waals surface area contributed by atoms with Crippen molar-refractivity contribution in [1.29, 1.82) is 0 Å². The van der Waals surface area contributed by atoms with Crippen LogP contribution in [0.25, 0.3) is 10.6 Å². The molecule has 0 fully saturated rings. The van der Waals surface area contributed by atoms with E-state index in [1.165, 1.54) is 18.4 Å². The van der Waals surface area contributed by atoms with Crippen LogP contribution in [0, 0.1) is 0 Å². The normalized spacial score (nSPS) is 10.2. The van der Waals surface area contributed by atoms with Crippen LogP contribution >= 0.6 is 11.3 Å². The molecule has 3 rings (SSSR count). The second-order valence-electron chi connectivity index (χ2n) is 4.66. The fraction of sp³-hybridized carbons (Fsp3) is 0.118. The number of aromatic nitrogens is 2. The standard InChI is InChI=1S/C17H14N2O4S/c1-21-13-9-5-3-7-11(13)15-18-19-17(24-15)23-16(20)12-8-4-6-10-14(12)22-2/h3-10H,1-2H3. The number of hydrogen-bond acceptors (Lipinski definition) is 7. The van der Waals surface area contributed by atoms with Crippen LogP contribution < -0.4 is 14.2 Å². The lowest BCUT2D eigenvalue weighted by Crippen LogP contribution is -2.09. The summed E-state index contributed by atoms with van der Waals surface area (Å²) in [5, 5.41) is 8.75. The SMILES string of the molecule is COc1ccccc1C(=O)Oc1nnc(-c2ccccc2OC)s1. The molecule has 0 spiro atoms. The minimum atomic E-state index is -0.546. The minimum absolute atomic E-state index is 0.159. The van der Waals surface area contributed by atoms with Crippen LogP contribution in [0.5, 0.6) is 16.7 Å². The molecule has 0 radical (unpaired) electrons. The van der Waals surface area contributed by atoms with Gasteiger partial charge in [-0.1, -0.05) is 40.7 Å². The Balaban J connectivity index is 1.83. The van der Waals surface area contributed by atoms with E-state index < -0.39 is 5.97 Å². The number of hydrogen-bond donors (Lipinski definition) is 0. The Hall–Kier alpha value is -2.93. The first-order chi connectivity index (χ1) is 11.7. The van der Waals surface area contributed by atoms with Crippen molar-refractivity contribution in [3.05, 3.63) is 54.1 Å². The zero-order chi connectivity index (χ0) is 16.9. The van der Waals surface area contributed by atoms with Gasteiger partial charge in [0, 0.05) is 0 Å². The highest BCUT2D eigenvalue weighted by Gasteiger charge is 2.18. The van der Waals surface area contributed by atoms with E-state index in [9.17, 15) is 4.79 Å². The minimum Gasteiger partial charge on any atom is -0.496 e. The van der Waals surface area contributed by atoms with Crippen molar-refractivity contribution in [2.24, 2.45) is 0 Å². The lowest BCUT2D eigenvalue weighted by atomic mass is 10.2. The number of methoxy groups -OCH3 is 2. The topological polar surface area (TPSA) is 70.5 Å². The number of nitrogens with zero attached hydrogens (tertiary/aromatic N) is 2. The smallest absolute Gasteiger partial charge is 0.349 e. The molecule has 2 aromatic carbocycles. The molecule has 0 amide bonds. The van der Waals surface area contributed by atoms with Gasteiger partial charge in [0.05, 0.1) is 19.8 Å². The summed E-state index contributed by atoms with van der Waals surface area (Å²) in [7, 11) is 3.08. The summed E-state index contributed by atoms with van der Waals surface area (Å²) in [6.45, 7) is 0. The van der Waals surface area contributed by atoms with Crippen LogP contribution in [0.1, 0.15) is 10.4 Å². The number of para-hydroxylation sites is 2. The summed E-state index contributed by atoms with van der Waals surface area (Å²) in [5.74, 6) is 0.573. The van der Waals surface area contributed by atoms with Crippen molar-refractivity contribution in [1.82, 2.24) is 10.2 Å². The third-order valence-electron chi connectivity index (χ3n) is 3.25. The van der Waals surface area contributed by atoms with Crippen LogP contribution in [0.4, 0.5) is 0 Å². The van der Waals surface area contributed by atoms with Gasteiger partial charge < -0.3 is 14.2 Å². The van der Waals surface area contributed by atoms with E-state index in [-0.39, 0.29) is 5.19 Å². The Morgan fingerprint density at radius 3 is 2.33 bits per heavy atom. The van der Waals surface area contributed by atoms with Gasteiger partial charge in [-0.15, -0.1) is 5.10 Å². The van der Waals surface area contributed by atoms with Gasteiger partial charge in [0.25, 0.3) is 0 Å². The van der Waals surface area contributed by atoms with Crippen molar-refractivity contribution < 1.29 is 19.0 Å². The van der Waals surface area contributed by atoms with Gasteiger partial charge in [-0.2, -0.15) is 0 Å². The van der Waals surface area contributed by atoms with Crippen molar-refractivity contribution in [3.63, 3.8) is 0 Å². The van der Waals surface area contributed by atoms with Gasteiger partial charge >= 0.3 is 11.2 Å². The van der Waals surface area contributed by atoms with E-state index in [1.807, 2.05) is 24.3 Å². The van der Waals surface area contributed by atoms with Crippen LogP contribution in [0.2, 0.25) is 0 Å². The highest BCUT2D eigenvalue weighted by molar-refractivity contribution is 7.16.